The number of hydrogen-bond donors (Lipinski definition) is 2. The van der Waals surface area contributed by atoms with E-state index in [1.165, 1.54) is 12.8 Å². The zero-order chi connectivity index (χ0) is 10.8. The summed E-state index contributed by atoms with van der Waals surface area (Å²) in [4.78, 5) is 11.6. The van der Waals surface area contributed by atoms with E-state index in [0.29, 0.717) is 24.8 Å². The van der Waals surface area contributed by atoms with E-state index in [1.54, 1.807) is 0 Å². The maximum atomic E-state index is 11.6. The molecule has 1 aliphatic rings. The van der Waals surface area contributed by atoms with Crippen LogP contribution in [0.1, 0.15) is 40.0 Å². The second kappa shape index (κ2) is 4.30. The molecule has 0 heterocycles. The van der Waals surface area contributed by atoms with Crippen molar-refractivity contribution in [2.45, 2.75) is 45.6 Å². The minimum absolute atomic E-state index is 0.161. The molecule has 3 N–H and O–H groups in total. The fraction of sp³-hybridized carbons (Fsp3) is 0.909. The van der Waals surface area contributed by atoms with Gasteiger partial charge in [-0.15, -0.1) is 0 Å². The van der Waals surface area contributed by atoms with Gasteiger partial charge in [-0.3, -0.25) is 4.79 Å². The Morgan fingerprint density at radius 2 is 2.14 bits per heavy atom. The van der Waals surface area contributed by atoms with E-state index in [9.17, 15) is 4.79 Å². The van der Waals surface area contributed by atoms with Crippen LogP contribution < -0.4 is 11.1 Å². The molecule has 0 bridgehead atoms. The fourth-order valence-electron chi connectivity index (χ4n) is 1.38. The van der Waals surface area contributed by atoms with Gasteiger partial charge in [-0.2, -0.15) is 0 Å². The minimum Gasteiger partial charge on any atom is -0.349 e. The van der Waals surface area contributed by atoms with Crippen molar-refractivity contribution in [2.24, 2.45) is 17.6 Å². The highest BCUT2D eigenvalue weighted by Gasteiger charge is 2.31. The number of amides is 1. The Labute approximate surface area is 86.4 Å². The molecule has 1 aliphatic carbocycles. The molecule has 0 aromatic rings. The lowest BCUT2D eigenvalue weighted by Gasteiger charge is -2.33. The molecule has 82 valence electrons. The lowest BCUT2D eigenvalue weighted by molar-refractivity contribution is -0.123. The van der Waals surface area contributed by atoms with Crippen molar-refractivity contribution in [3.8, 4) is 0 Å². The molecular formula is C11H22N2O. The van der Waals surface area contributed by atoms with Gasteiger partial charge in [0, 0.05) is 13.0 Å². The number of hydrogen-bond acceptors (Lipinski definition) is 2. The van der Waals surface area contributed by atoms with Crippen molar-refractivity contribution >= 4 is 5.91 Å². The van der Waals surface area contributed by atoms with Crippen LogP contribution in [0, 0.1) is 11.8 Å². The Hall–Kier alpha value is -0.570. The fourth-order valence-corrected chi connectivity index (χ4v) is 1.38. The molecule has 1 rings (SSSR count). The number of carbonyl (C=O) groups excluding carboxylic acids is 1. The van der Waals surface area contributed by atoms with Crippen LogP contribution >= 0.6 is 0 Å². The zero-order valence-corrected chi connectivity index (χ0v) is 9.47. The molecule has 0 radical (unpaired) electrons. The summed E-state index contributed by atoms with van der Waals surface area (Å²) in [5.74, 6) is 1.17. The van der Waals surface area contributed by atoms with Gasteiger partial charge in [0.05, 0.1) is 5.54 Å². The summed E-state index contributed by atoms with van der Waals surface area (Å²) in [6.45, 7) is 6.69. The van der Waals surface area contributed by atoms with E-state index in [1.807, 2.05) is 6.92 Å². The topological polar surface area (TPSA) is 55.1 Å². The van der Waals surface area contributed by atoms with E-state index in [-0.39, 0.29) is 11.4 Å². The van der Waals surface area contributed by atoms with Gasteiger partial charge in [-0.05, 0) is 31.6 Å². The molecule has 0 saturated heterocycles. The Morgan fingerprint density at radius 3 is 2.50 bits per heavy atom. The predicted octanol–water partition coefficient (Wildman–Crippen LogP) is 1.28. The largest absolute Gasteiger partial charge is 0.349 e. The van der Waals surface area contributed by atoms with Crippen LogP contribution in [0.5, 0.6) is 0 Å². The van der Waals surface area contributed by atoms with E-state index in [4.69, 9.17) is 5.73 Å². The first-order valence-corrected chi connectivity index (χ1v) is 5.49. The smallest absolute Gasteiger partial charge is 0.220 e. The van der Waals surface area contributed by atoms with Gasteiger partial charge >= 0.3 is 0 Å². The van der Waals surface area contributed by atoms with E-state index in [2.05, 4.69) is 19.2 Å². The summed E-state index contributed by atoms with van der Waals surface area (Å²) >= 11 is 0. The van der Waals surface area contributed by atoms with Crippen LogP contribution in [-0.2, 0) is 4.79 Å². The minimum atomic E-state index is -0.244. The summed E-state index contributed by atoms with van der Waals surface area (Å²) in [7, 11) is 0. The summed E-state index contributed by atoms with van der Waals surface area (Å²) in [5, 5.41) is 3.05. The van der Waals surface area contributed by atoms with Crippen LogP contribution in [0.15, 0.2) is 0 Å². The molecule has 1 unspecified atom stereocenters. The third-order valence-corrected chi connectivity index (χ3v) is 3.29. The molecule has 14 heavy (non-hydrogen) atoms. The van der Waals surface area contributed by atoms with Crippen molar-refractivity contribution in [3.05, 3.63) is 0 Å². The highest BCUT2D eigenvalue weighted by atomic mass is 16.1. The van der Waals surface area contributed by atoms with Crippen molar-refractivity contribution in [1.82, 2.24) is 5.32 Å². The van der Waals surface area contributed by atoms with Crippen molar-refractivity contribution in [2.75, 3.05) is 6.54 Å². The third kappa shape index (κ3) is 2.98. The normalized spacial score (nSPS) is 20.6. The van der Waals surface area contributed by atoms with Gasteiger partial charge in [-0.1, -0.05) is 13.8 Å². The number of rotatable bonds is 5. The SMILES string of the molecule is CC(C)C(C)(CN)NC(=O)CC1CC1. The lowest BCUT2D eigenvalue weighted by atomic mass is 9.88. The van der Waals surface area contributed by atoms with E-state index >= 15 is 0 Å². The highest BCUT2D eigenvalue weighted by Crippen LogP contribution is 2.32. The first-order chi connectivity index (χ1) is 6.48. The predicted molar refractivity (Wildman–Crippen MR) is 57.8 cm³/mol. The highest BCUT2D eigenvalue weighted by molar-refractivity contribution is 5.77. The monoisotopic (exact) mass is 198 g/mol. The van der Waals surface area contributed by atoms with Gasteiger partial charge < -0.3 is 11.1 Å². The van der Waals surface area contributed by atoms with Crippen molar-refractivity contribution in [1.29, 1.82) is 0 Å². The van der Waals surface area contributed by atoms with Gasteiger partial charge in [0.15, 0.2) is 0 Å². The van der Waals surface area contributed by atoms with E-state index < -0.39 is 0 Å². The quantitative estimate of drug-likeness (QED) is 0.699. The van der Waals surface area contributed by atoms with Crippen LogP contribution in [-0.4, -0.2) is 18.0 Å². The number of nitrogens with two attached hydrogens (primary N) is 1. The summed E-state index contributed by atoms with van der Waals surface area (Å²) in [6.07, 6.45) is 3.12. The first kappa shape index (κ1) is 11.5. The Kier molecular flexibility index (Phi) is 3.53. The molecule has 1 amide bonds. The Morgan fingerprint density at radius 1 is 1.57 bits per heavy atom. The molecule has 0 spiro atoms. The van der Waals surface area contributed by atoms with Gasteiger partial charge in [0.2, 0.25) is 5.91 Å². The van der Waals surface area contributed by atoms with E-state index in [0.717, 1.165) is 0 Å². The third-order valence-electron chi connectivity index (χ3n) is 3.29. The van der Waals surface area contributed by atoms with Crippen LogP contribution in [0.4, 0.5) is 0 Å². The second-order valence-corrected chi connectivity index (χ2v) is 4.97. The molecule has 1 atom stereocenters. The first-order valence-electron chi connectivity index (χ1n) is 5.49. The van der Waals surface area contributed by atoms with Gasteiger partial charge in [0.1, 0.15) is 0 Å². The van der Waals surface area contributed by atoms with Gasteiger partial charge in [-0.25, -0.2) is 0 Å². The molecule has 3 nitrogen and oxygen atoms in total. The standard InChI is InChI=1S/C11H22N2O/c1-8(2)11(3,7-12)13-10(14)6-9-4-5-9/h8-9H,4-7,12H2,1-3H3,(H,13,14). The number of nitrogens with one attached hydrogen (secondary N) is 1. The molecule has 0 aliphatic heterocycles. The average molecular weight is 198 g/mol. The van der Waals surface area contributed by atoms with Crippen LogP contribution in [0.2, 0.25) is 0 Å². The Balaban J connectivity index is 2.41. The van der Waals surface area contributed by atoms with Crippen LogP contribution in [0.3, 0.4) is 0 Å². The van der Waals surface area contributed by atoms with Crippen LogP contribution in [0.25, 0.3) is 0 Å². The molecule has 0 aromatic heterocycles. The average Bonchev–Trinajstić information content (AvgIpc) is 2.87. The summed E-state index contributed by atoms with van der Waals surface area (Å²) in [6, 6.07) is 0. The maximum absolute atomic E-state index is 11.6. The zero-order valence-electron chi connectivity index (χ0n) is 9.47. The maximum Gasteiger partial charge on any atom is 0.220 e. The molecule has 1 saturated carbocycles. The van der Waals surface area contributed by atoms with Crippen molar-refractivity contribution < 1.29 is 4.79 Å². The van der Waals surface area contributed by atoms with Gasteiger partial charge in [0.25, 0.3) is 0 Å². The molecule has 0 aromatic carbocycles. The van der Waals surface area contributed by atoms with Crippen molar-refractivity contribution in [3.63, 3.8) is 0 Å². The number of carbonyl (C=O) groups is 1. The Bertz CT molecular complexity index is 211. The lowest BCUT2D eigenvalue weighted by Crippen LogP contribution is -2.55. The summed E-state index contributed by atoms with van der Waals surface area (Å²) < 4.78 is 0. The molecule has 1 fully saturated rings. The molecule has 3 heteroatoms. The summed E-state index contributed by atoms with van der Waals surface area (Å²) in [5.41, 5.74) is 5.44. The second-order valence-electron chi connectivity index (χ2n) is 4.97. The molecular weight excluding hydrogens is 176 g/mol.